The number of benzene rings is 1. The van der Waals surface area contributed by atoms with Gasteiger partial charge in [0.25, 0.3) is 11.8 Å². The van der Waals surface area contributed by atoms with Gasteiger partial charge in [-0.15, -0.1) is 0 Å². The zero-order valence-electron chi connectivity index (χ0n) is 29.5. The number of carbonyl (C=O) groups is 5. The van der Waals surface area contributed by atoms with E-state index in [0.29, 0.717) is 57.9 Å². The van der Waals surface area contributed by atoms with Crippen LogP contribution in [-0.2, 0) is 19.1 Å². The van der Waals surface area contributed by atoms with Crippen molar-refractivity contribution in [2.45, 2.75) is 90.3 Å². The van der Waals surface area contributed by atoms with Crippen molar-refractivity contribution in [3.05, 3.63) is 42.1 Å². The topological polar surface area (TPSA) is 155 Å². The van der Waals surface area contributed by atoms with Gasteiger partial charge in [0.05, 0.1) is 12.3 Å². The van der Waals surface area contributed by atoms with Crippen LogP contribution >= 0.6 is 0 Å². The monoisotopic (exact) mass is 693 g/mol. The molecule has 2 N–H and O–H groups in total. The number of nitrogens with one attached hydrogen (secondary N) is 2. The lowest BCUT2D eigenvalue weighted by molar-refractivity contribution is -0.140. The number of unbranched alkanes of at least 4 members (excludes halogenated alkanes) is 1. The van der Waals surface area contributed by atoms with Crippen LogP contribution in [-0.4, -0.2) is 118 Å². The largest absolute Gasteiger partial charge is 0.467 e. The van der Waals surface area contributed by atoms with E-state index in [1.54, 1.807) is 26.8 Å². The van der Waals surface area contributed by atoms with Gasteiger partial charge in [0.1, 0.15) is 12.1 Å². The van der Waals surface area contributed by atoms with E-state index in [1.165, 1.54) is 10.7 Å². The van der Waals surface area contributed by atoms with E-state index in [4.69, 9.17) is 9.47 Å². The number of rotatable bonds is 14. The van der Waals surface area contributed by atoms with Gasteiger partial charge in [-0.3, -0.25) is 19.2 Å². The minimum absolute atomic E-state index is 0.0241. The van der Waals surface area contributed by atoms with Crippen molar-refractivity contribution in [1.29, 1.82) is 0 Å². The van der Waals surface area contributed by atoms with Gasteiger partial charge in [0.15, 0.2) is 12.3 Å². The molecule has 5 rings (SSSR count). The Labute approximate surface area is 293 Å². The van der Waals surface area contributed by atoms with Gasteiger partial charge in [-0.1, -0.05) is 51.8 Å². The fourth-order valence-corrected chi connectivity index (χ4v) is 6.34. The summed E-state index contributed by atoms with van der Waals surface area (Å²) in [5.41, 5.74) is 0.643. The Balaban J connectivity index is 1.25. The molecule has 3 atom stereocenters. The molecule has 1 saturated carbocycles. The summed E-state index contributed by atoms with van der Waals surface area (Å²) in [6.07, 6.45) is 6.38. The van der Waals surface area contributed by atoms with Crippen molar-refractivity contribution in [1.82, 2.24) is 35.1 Å². The molecule has 1 unspecified atom stereocenters. The Morgan fingerprint density at radius 1 is 0.940 bits per heavy atom. The van der Waals surface area contributed by atoms with Crippen LogP contribution in [0.5, 0.6) is 5.88 Å². The second-order valence-corrected chi connectivity index (χ2v) is 13.4. The normalized spacial score (nSPS) is 18.9. The molecule has 1 aromatic heterocycles. The molecule has 3 heterocycles. The molecular weight excluding hydrogens is 642 g/mol. The van der Waals surface area contributed by atoms with Crippen LogP contribution in [0.15, 0.2) is 36.4 Å². The lowest BCUT2D eigenvalue weighted by atomic mass is 9.93. The molecule has 50 heavy (non-hydrogen) atoms. The third-order valence-corrected chi connectivity index (χ3v) is 9.92. The molecule has 3 aliphatic rings. The van der Waals surface area contributed by atoms with E-state index in [9.17, 15) is 24.0 Å². The molecular formula is C36H51N7O7. The fraction of sp³-hybridized carbons (Fsp3) is 0.611. The Morgan fingerprint density at radius 3 is 2.32 bits per heavy atom. The Morgan fingerprint density at radius 2 is 1.66 bits per heavy atom. The maximum atomic E-state index is 13.8. The summed E-state index contributed by atoms with van der Waals surface area (Å²) < 4.78 is 12.8. The van der Waals surface area contributed by atoms with Gasteiger partial charge in [-0.25, -0.2) is 9.48 Å². The Kier molecular flexibility index (Phi) is 12.7. The molecule has 0 bridgehead atoms. The zero-order chi connectivity index (χ0) is 35.6. The number of amides is 5. The Hall–Kier alpha value is -4.62. The number of nitrogens with zero attached hydrogens (tertiary/aromatic N) is 5. The first kappa shape index (κ1) is 36.7. The van der Waals surface area contributed by atoms with E-state index >= 15 is 0 Å². The van der Waals surface area contributed by atoms with Crippen LogP contribution in [0, 0.1) is 5.92 Å². The first-order valence-corrected chi connectivity index (χ1v) is 18.1. The number of ether oxygens (including phenoxy) is 2. The standard InChI is InChI=1S/C36H51N7O7/c1-4-6-22-49-36(48)41-20-18-40(19-21-41)35(47)32(25(3)5-2)38-33(45)28-23-31(43(39-28)27-14-8-7-9-15-27)50-24-30(44)42-17-11-16-29(42)34(46)37-26-12-10-13-26/h7-9,14-15,23,25-26,29,32H,4-6,10-13,16-22,24H2,1-3H3,(H,37,46)(H,38,45)/t25-,29?,32+/m1/s1. The molecule has 14 heteroatoms. The van der Waals surface area contributed by atoms with E-state index < -0.39 is 18.0 Å². The molecule has 0 spiro atoms. The summed E-state index contributed by atoms with van der Waals surface area (Å²) in [6, 6.07) is 9.41. The van der Waals surface area contributed by atoms with Crippen molar-refractivity contribution in [2.24, 2.45) is 5.92 Å². The average molecular weight is 694 g/mol. The van der Waals surface area contributed by atoms with E-state index in [0.717, 1.165) is 38.5 Å². The van der Waals surface area contributed by atoms with Gasteiger partial charge in [-0.05, 0) is 56.6 Å². The average Bonchev–Trinajstić information content (AvgIpc) is 3.79. The van der Waals surface area contributed by atoms with Crippen molar-refractivity contribution < 1.29 is 33.4 Å². The number of aromatic nitrogens is 2. The van der Waals surface area contributed by atoms with Gasteiger partial charge < -0.3 is 34.8 Å². The molecule has 5 amide bonds. The number of carbonyl (C=O) groups excluding carboxylic acids is 5. The molecule has 1 aliphatic carbocycles. The molecule has 2 aliphatic heterocycles. The van der Waals surface area contributed by atoms with Crippen LogP contribution in [0.25, 0.3) is 5.69 Å². The Bertz CT molecular complexity index is 1490. The third-order valence-electron chi connectivity index (χ3n) is 9.92. The number of hydrogen-bond acceptors (Lipinski definition) is 8. The van der Waals surface area contributed by atoms with Crippen LogP contribution in [0.2, 0.25) is 0 Å². The lowest BCUT2D eigenvalue weighted by Crippen LogP contribution is -2.57. The number of para-hydroxylation sites is 1. The molecule has 14 nitrogen and oxygen atoms in total. The van der Waals surface area contributed by atoms with Crippen LogP contribution < -0.4 is 15.4 Å². The third kappa shape index (κ3) is 8.94. The van der Waals surface area contributed by atoms with Crippen molar-refractivity contribution >= 4 is 29.7 Å². The minimum Gasteiger partial charge on any atom is -0.467 e. The molecule has 0 radical (unpaired) electrons. The molecule has 272 valence electrons. The number of hydrogen-bond donors (Lipinski definition) is 2. The van der Waals surface area contributed by atoms with Crippen LogP contribution in [0.1, 0.15) is 82.6 Å². The molecule has 2 saturated heterocycles. The maximum Gasteiger partial charge on any atom is 0.409 e. The van der Waals surface area contributed by atoms with E-state index in [-0.39, 0.29) is 54.0 Å². The first-order valence-electron chi connectivity index (χ1n) is 18.1. The predicted octanol–water partition coefficient (Wildman–Crippen LogP) is 3.14. The highest BCUT2D eigenvalue weighted by Gasteiger charge is 2.37. The van der Waals surface area contributed by atoms with Gasteiger partial charge >= 0.3 is 6.09 Å². The molecule has 2 aromatic rings. The summed E-state index contributed by atoms with van der Waals surface area (Å²) in [5.74, 6) is -1.22. The highest BCUT2D eigenvalue weighted by Crippen LogP contribution is 2.24. The predicted molar refractivity (Wildman–Crippen MR) is 185 cm³/mol. The van der Waals surface area contributed by atoms with Gasteiger partial charge in [0, 0.05) is 44.8 Å². The summed E-state index contributed by atoms with van der Waals surface area (Å²) in [7, 11) is 0. The van der Waals surface area contributed by atoms with Crippen LogP contribution in [0.3, 0.4) is 0 Å². The molecule has 3 fully saturated rings. The van der Waals surface area contributed by atoms with Crippen molar-refractivity contribution in [3.63, 3.8) is 0 Å². The number of likely N-dealkylation sites (tertiary alicyclic amines) is 1. The minimum atomic E-state index is -0.818. The van der Waals surface area contributed by atoms with Crippen molar-refractivity contribution in [2.75, 3.05) is 45.9 Å². The van der Waals surface area contributed by atoms with E-state index in [2.05, 4.69) is 15.7 Å². The summed E-state index contributed by atoms with van der Waals surface area (Å²) in [4.78, 5) is 70.9. The maximum absolute atomic E-state index is 13.8. The van der Waals surface area contributed by atoms with Gasteiger partial charge in [-0.2, -0.15) is 5.10 Å². The summed E-state index contributed by atoms with van der Waals surface area (Å²) in [5, 5.41) is 10.5. The zero-order valence-corrected chi connectivity index (χ0v) is 29.5. The smallest absolute Gasteiger partial charge is 0.409 e. The quantitative estimate of drug-likeness (QED) is 0.286. The fourth-order valence-electron chi connectivity index (χ4n) is 6.34. The summed E-state index contributed by atoms with van der Waals surface area (Å²) in [6.45, 7) is 7.76. The number of piperazine rings is 1. The van der Waals surface area contributed by atoms with E-state index in [1.807, 2.05) is 39.0 Å². The highest BCUT2D eigenvalue weighted by atomic mass is 16.6. The first-order chi connectivity index (χ1) is 24.2. The van der Waals surface area contributed by atoms with Crippen LogP contribution in [0.4, 0.5) is 4.79 Å². The van der Waals surface area contributed by atoms with Gasteiger partial charge in [0.2, 0.25) is 17.7 Å². The highest BCUT2D eigenvalue weighted by molar-refractivity contribution is 5.96. The lowest BCUT2D eigenvalue weighted by Gasteiger charge is -2.37. The molecule has 1 aromatic carbocycles. The summed E-state index contributed by atoms with van der Waals surface area (Å²) >= 11 is 0. The SMILES string of the molecule is CCCCOC(=O)N1CCN(C(=O)[C@@H](NC(=O)c2cc(OCC(=O)N3CCCC3C(=O)NC3CCC3)n(-c3ccccc3)n2)[C@H](C)CC)CC1. The second kappa shape index (κ2) is 17.3. The second-order valence-electron chi connectivity index (χ2n) is 13.4. The van der Waals surface area contributed by atoms with Crippen molar-refractivity contribution in [3.8, 4) is 11.6 Å².